The molecule has 1 aromatic carbocycles. The Labute approximate surface area is 123 Å². The van der Waals surface area contributed by atoms with Crippen LogP contribution in [-0.2, 0) is 11.3 Å². The molecule has 0 amide bonds. The number of nitrogens with two attached hydrogens (primary N) is 1. The van der Waals surface area contributed by atoms with Gasteiger partial charge in [0.1, 0.15) is 0 Å². The highest BCUT2D eigenvalue weighted by Gasteiger charge is 2.34. The van der Waals surface area contributed by atoms with E-state index in [2.05, 4.69) is 39.0 Å². The number of rotatable bonds is 5. The fourth-order valence-corrected chi connectivity index (χ4v) is 3.41. The van der Waals surface area contributed by atoms with Crippen LogP contribution in [0.1, 0.15) is 55.7 Å². The molecule has 2 heteroatoms. The van der Waals surface area contributed by atoms with Gasteiger partial charge in [-0.05, 0) is 51.0 Å². The van der Waals surface area contributed by atoms with Crippen molar-refractivity contribution in [3.05, 3.63) is 34.9 Å². The molecule has 1 aromatic rings. The van der Waals surface area contributed by atoms with E-state index in [4.69, 9.17) is 10.5 Å². The van der Waals surface area contributed by atoms with E-state index < -0.39 is 0 Å². The molecule has 1 aliphatic rings. The standard InChI is InChI=1S/C18H29NO/c1-4-16-5-7-18(13-19,8-6-16)20-12-17-10-14(2)9-15(3)11-17/h9-11,16H,4-8,12-13,19H2,1-3H3. The number of ether oxygens (including phenoxy) is 1. The first-order valence-electron chi connectivity index (χ1n) is 7.98. The van der Waals surface area contributed by atoms with E-state index in [9.17, 15) is 0 Å². The first-order chi connectivity index (χ1) is 9.57. The third-order valence-corrected chi connectivity index (χ3v) is 4.79. The van der Waals surface area contributed by atoms with Gasteiger partial charge in [-0.1, -0.05) is 42.7 Å². The monoisotopic (exact) mass is 275 g/mol. The first-order valence-corrected chi connectivity index (χ1v) is 7.98. The van der Waals surface area contributed by atoms with Crippen molar-refractivity contribution in [1.29, 1.82) is 0 Å². The molecule has 0 heterocycles. The number of hydrogen-bond acceptors (Lipinski definition) is 2. The molecule has 0 spiro atoms. The zero-order chi connectivity index (χ0) is 14.6. The maximum Gasteiger partial charge on any atom is 0.0808 e. The van der Waals surface area contributed by atoms with Gasteiger partial charge in [-0.15, -0.1) is 0 Å². The van der Waals surface area contributed by atoms with Gasteiger partial charge in [0.15, 0.2) is 0 Å². The van der Waals surface area contributed by atoms with Gasteiger partial charge in [0.05, 0.1) is 12.2 Å². The van der Waals surface area contributed by atoms with Gasteiger partial charge in [-0.25, -0.2) is 0 Å². The van der Waals surface area contributed by atoms with Crippen molar-refractivity contribution in [2.45, 2.75) is 65.1 Å². The Kier molecular flexibility index (Phi) is 5.22. The van der Waals surface area contributed by atoms with Crippen molar-refractivity contribution in [3.8, 4) is 0 Å². The van der Waals surface area contributed by atoms with E-state index in [-0.39, 0.29) is 5.60 Å². The van der Waals surface area contributed by atoms with Crippen LogP contribution in [0.2, 0.25) is 0 Å². The lowest BCUT2D eigenvalue weighted by Crippen LogP contribution is -2.43. The summed E-state index contributed by atoms with van der Waals surface area (Å²) in [6.45, 7) is 7.91. The van der Waals surface area contributed by atoms with Crippen LogP contribution in [0.15, 0.2) is 18.2 Å². The van der Waals surface area contributed by atoms with Gasteiger partial charge in [-0.3, -0.25) is 0 Å². The number of hydrogen-bond donors (Lipinski definition) is 1. The van der Waals surface area contributed by atoms with E-state index >= 15 is 0 Å². The molecule has 1 aliphatic carbocycles. The average molecular weight is 275 g/mol. The summed E-state index contributed by atoms with van der Waals surface area (Å²) in [5.74, 6) is 0.875. The lowest BCUT2D eigenvalue weighted by Gasteiger charge is -2.39. The van der Waals surface area contributed by atoms with Crippen LogP contribution in [-0.4, -0.2) is 12.1 Å². The Morgan fingerprint density at radius 2 is 1.75 bits per heavy atom. The molecule has 0 aromatic heterocycles. The van der Waals surface area contributed by atoms with Gasteiger partial charge >= 0.3 is 0 Å². The first kappa shape index (κ1) is 15.5. The molecule has 0 bridgehead atoms. The Bertz CT molecular complexity index is 413. The summed E-state index contributed by atoms with van der Waals surface area (Å²) in [6.07, 6.45) is 6.05. The van der Waals surface area contributed by atoms with Crippen molar-refractivity contribution in [2.75, 3.05) is 6.54 Å². The minimum absolute atomic E-state index is 0.0800. The fourth-order valence-electron chi connectivity index (χ4n) is 3.41. The molecule has 1 saturated carbocycles. The van der Waals surface area contributed by atoms with E-state index in [1.54, 1.807) is 0 Å². The summed E-state index contributed by atoms with van der Waals surface area (Å²) in [7, 11) is 0. The highest BCUT2D eigenvalue weighted by Crippen LogP contribution is 2.36. The molecule has 112 valence electrons. The predicted molar refractivity (Wildman–Crippen MR) is 84.7 cm³/mol. The average Bonchev–Trinajstić information content (AvgIpc) is 2.45. The van der Waals surface area contributed by atoms with Crippen LogP contribution >= 0.6 is 0 Å². The molecule has 0 atom stereocenters. The van der Waals surface area contributed by atoms with Crippen molar-refractivity contribution in [3.63, 3.8) is 0 Å². The molecule has 0 saturated heterocycles. The molecule has 1 fully saturated rings. The molecule has 0 aliphatic heterocycles. The topological polar surface area (TPSA) is 35.2 Å². The fraction of sp³-hybridized carbons (Fsp3) is 0.667. The normalized spacial score (nSPS) is 26.7. The van der Waals surface area contributed by atoms with Crippen molar-refractivity contribution < 1.29 is 4.74 Å². The van der Waals surface area contributed by atoms with Crippen molar-refractivity contribution >= 4 is 0 Å². The molecule has 2 rings (SSSR count). The Balaban J connectivity index is 1.97. The summed E-state index contributed by atoms with van der Waals surface area (Å²) in [5.41, 5.74) is 9.83. The highest BCUT2D eigenvalue weighted by atomic mass is 16.5. The second-order valence-corrected chi connectivity index (χ2v) is 6.52. The third-order valence-electron chi connectivity index (χ3n) is 4.79. The summed E-state index contributed by atoms with van der Waals surface area (Å²) in [5, 5.41) is 0. The van der Waals surface area contributed by atoms with Crippen LogP contribution in [0.25, 0.3) is 0 Å². The van der Waals surface area contributed by atoms with Crippen LogP contribution in [0.5, 0.6) is 0 Å². The van der Waals surface area contributed by atoms with Gasteiger partial charge in [0, 0.05) is 6.54 Å². The van der Waals surface area contributed by atoms with Crippen LogP contribution < -0.4 is 5.73 Å². The third kappa shape index (κ3) is 3.83. The maximum absolute atomic E-state index is 6.28. The van der Waals surface area contributed by atoms with E-state index in [0.717, 1.165) is 18.8 Å². The minimum atomic E-state index is -0.0800. The number of aryl methyl sites for hydroxylation is 2. The zero-order valence-electron chi connectivity index (χ0n) is 13.2. The van der Waals surface area contributed by atoms with Gasteiger partial charge in [-0.2, -0.15) is 0 Å². The Morgan fingerprint density at radius 1 is 1.15 bits per heavy atom. The van der Waals surface area contributed by atoms with Gasteiger partial charge < -0.3 is 10.5 Å². The lowest BCUT2D eigenvalue weighted by atomic mass is 9.77. The smallest absolute Gasteiger partial charge is 0.0808 e. The molecule has 0 radical (unpaired) electrons. The van der Waals surface area contributed by atoms with E-state index in [0.29, 0.717) is 13.2 Å². The second-order valence-electron chi connectivity index (χ2n) is 6.52. The molecular weight excluding hydrogens is 246 g/mol. The van der Waals surface area contributed by atoms with E-state index in [1.807, 2.05) is 0 Å². The Hall–Kier alpha value is -0.860. The molecule has 2 N–H and O–H groups in total. The quantitative estimate of drug-likeness (QED) is 0.877. The SMILES string of the molecule is CCC1CCC(CN)(OCc2cc(C)cc(C)c2)CC1. The largest absolute Gasteiger partial charge is 0.369 e. The van der Waals surface area contributed by atoms with Crippen molar-refractivity contribution in [1.82, 2.24) is 0 Å². The van der Waals surface area contributed by atoms with Crippen LogP contribution in [0, 0.1) is 19.8 Å². The van der Waals surface area contributed by atoms with Crippen molar-refractivity contribution in [2.24, 2.45) is 11.7 Å². The molecule has 2 nitrogen and oxygen atoms in total. The van der Waals surface area contributed by atoms with Gasteiger partial charge in [0.25, 0.3) is 0 Å². The molecule has 20 heavy (non-hydrogen) atoms. The molecular formula is C18H29NO. The summed E-state index contributed by atoms with van der Waals surface area (Å²) < 4.78 is 6.28. The highest BCUT2D eigenvalue weighted by molar-refractivity contribution is 5.28. The summed E-state index contributed by atoms with van der Waals surface area (Å²) in [4.78, 5) is 0. The molecule has 0 unspecified atom stereocenters. The van der Waals surface area contributed by atoms with E-state index in [1.165, 1.54) is 36.0 Å². The zero-order valence-corrected chi connectivity index (χ0v) is 13.2. The predicted octanol–water partition coefficient (Wildman–Crippen LogP) is 4.12. The van der Waals surface area contributed by atoms with Gasteiger partial charge in [0.2, 0.25) is 0 Å². The minimum Gasteiger partial charge on any atom is -0.369 e. The Morgan fingerprint density at radius 3 is 2.25 bits per heavy atom. The lowest BCUT2D eigenvalue weighted by molar-refractivity contribution is -0.0813. The van der Waals surface area contributed by atoms with Crippen LogP contribution in [0.4, 0.5) is 0 Å². The number of benzene rings is 1. The second kappa shape index (κ2) is 6.73. The summed E-state index contributed by atoms with van der Waals surface area (Å²) >= 11 is 0. The van der Waals surface area contributed by atoms with Crippen LogP contribution in [0.3, 0.4) is 0 Å². The summed E-state index contributed by atoms with van der Waals surface area (Å²) in [6, 6.07) is 6.64. The maximum atomic E-state index is 6.28.